The predicted octanol–water partition coefficient (Wildman–Crippen LogP) is 2.11. The largest absolute Gasteiger partial charge is 0.375 e. The van der Waals surface area contributed by atoms with E-state index in [-0.39, 0.29) is 34.3 Å². The van der Waals surface area contributed by atoms with E-state index in [0.29, 0.717) is 31.9 Å². The van der Waals surface area contributed by atoms with Crippen LogP contribution in [0.5, 0.6) is 0 Å². The summed E-state index contributed by atoms with van der Waals surface area (Å²) in [4.78, 5) is 12.4. The first-order valence-corrected chi connectivity index (χ1v) is 10.1. The van der Waals surface area contributed by atoms with Crippen LogP contribution in [0, 0.1) is 0 Å². The van der Waals surface area contributed by atoms with Crippen LogP contribution in [0.3, 0.4) is 0 Å². The van der Waals surface area contributed by atoms with Crippen molar-refractivity contribution in [1.82, 2.24) is 9.62 Å². The summed E-state index contributed by atoms with van der Waals surface area (Å²) in [7, 11) is -3.72. The molecule has 1 aliphatic heterocycles. The van der Waals surface area contributed by atoms with Crippen LogP contribution < -0.4 is 10.6 Å². The molecule has 0 aromatic heterocycles. The lowest BCUT2D eigenvalue weighted by Crippen LogP contribution is -2.53. The fourth-order valence-electron chi connectivity index (χ4n) is 2.73. The molecule has 0 saturated carbocycles. The van der Waals surface area contributed by atoms with Crippen molar-refractivity contribution < 1.29 is 17.9 Å². The summed E-state index contributed by atoms with van der Waals surface area (Å²) in [5, 5.41) is 5.95. The standard InChI is InChI=1S/C16H24ClN3O4S.ClH/c1-4-20(5-2)25(22,23)14-10-12(6-7-13(14)17)19-16(21)15-11(3)24-9-8-18-15;/h6-7,10-11,15,18H,4-5,8-9H2,1-3H3,(H,19,21);1H/t11-,15+;/m1./s1. The molecule has 0 aliphatic carbocycles. The summed E-state index contributed by atoms with van der Waals surface area (Å²) in [6.45, 7) is 7.16. The minimum absolute atomic E-state index is 0. The van der Waals surface area contributed by atoms with Crippen LogP contribution in [0.1, 0.15) is 20.8 Å². The second-order valence-corrected chi connectivity index (χ2v) is 8.05. The van der Waals surface area contributed by atoms with Crippen molar-refractivity contribution in [2.75, 3.05) is 31.6 Å². The van der Waals surface area contributed by atoms with E-state index in [1.54, 1.807) is 19.9 Å². The lowest BCUT2D eigenvalue weighted by atomic mass is 10.1. The summed E-state index contributed by atoms with van der Waals surface area (Å²) >= 11 is 6.10. The van der Waals surface area contributed by atoms with Gasteiger partial charge in [0.15, 0.2) is 0 Å². The Morgan fingerprint density at radius 1 is 1.38 bits per heavy atom. The van der Waals surface area contributed by atoms with Crippen molar-refractivity contribution in [3.63, 3.8) is 0 Å². The number of halogens is 2. The van der Waals surface area contributed by atoms with Gasteiger partial charge in [-0.25, -0.2) is 8.42 Å². The Morgan fingerprint density at radius 3 is 2.62 bits per heavy atom. The first-order chi connectivity index (χ1) is 11.8. The average molecular weight is 426 g/mol. The molecule has 2 N–H and O–H groups in total. The molecule has 0 unspecified atom stereocenters. The van der Waals surface area contributed by atoms with Crippen LogP contribution in [0.2, 0.25) is 5.02 Å². The van der Waals surface area contributed by atoms with Gasteiger partial charge < -0.3 is 15.4 Å². The van der Waals surface area contributed by atoms with Crippen molar-refractivity contribution in [2.45, 2.75) is 37.8 Å². The molecule has 0 radical (unpaired) electrons. The Bertz CT molecular complexity index is 726. The molecule has 1 fully saturated rings. The number of morpholine rings is 1. The summed E-state index contributed by atoms with van der Waals surface area (Å²) in [5.74, 6) is -0.277. The van der Waals surface area contributed by atoms with Gasteiger partial charge in [-0.15, -0.1) is 12.4 Å². The van der Waals surface area contributed by atoms with E-state index in [4.69, 9.17) is 16.3 Å². The first kappa shape index (κ1) is 23.1. The highest BCUT2D eigenvalue weighted by atomic mass is 35.5. The topological polar surface area (TPSA) is 87.7 Å². The molecule has 1 aromatic rings. The molecule has 2 rings (SSSR count). The Balaban J connectivity index is 0.00000338. The molecule has 1 amide bonds. The maximum atomic E-state index is 12.7. The monoisotopic (exact) mass is 425 g/mol. The number of nitrogens with zero attached hydrogens (tertiary/aromatic N) is 1. The normalized spacial score (nSPS) is 20.5. The number of ether oxygens (including phenoxy) is 1. The minimum atomic E-state index is -3.72. The number of carbonyl (C=O) groups excluding carboxylic acids is 1. The van der Waals surface area contributed by atoms with Crippen LogP contribution in [0.15, 0.2) is 23.1 Å². The number of hydrogen-bond acceptors (Lipinski definition) is 5. The van der Waals surface area contributed by atoms with Gasteiger partial charge in [0.2, 0.25) is 15.9 Å². The van der Waals surface area contributed by atoms with E-state index in [1.165, 1.54) is 16.4 Å². The SMILES string of the molecule is CCN(CC)S(=O)(=O)c1cc(NC(=O)[C@H]2NCCO[C@@H]2C)ccc1Cl.Cl. The second kappa shape index (κ2) is 9.87. The molecule has 1 heterocycles. The Kier molecular flexibility index (Phi) is 8.78. The molecule has 1 aromatic carbocycles. The molecule has 10 heteroatoms. The van der Waals surface area contributed by atoms with Crippen LogP contribution in [-0.4, -0.2) is 57.0 Å². The fraction of sp³-hybridized carbons (Fsp3) is 0.562. The molecule has 26 heavy (non-hydrogen) atoms. The van der Waals surface area contributed by atoms with E-state index < -0.39 is 16.1 Å². The molecular formula is C16H25Cl2N3O4S. The van der Waals surface area contributed by atoms with Gasteiger partial charge >= 0.3 is 0 Å². The molecule has 2 atom stereocenters. The maximum absolute atomic E-state index is 12.7. The average Bonchev–Trinajstić information content (AvgIpc) is 2.57. The smallest absolute Gasteiger partial charge is 0.244 e. The van der Waals surface area contributed by atoms with Crippen molar-refractivity contribution >= 4 is 45.6 Å². The molecule has 1 aliphatic rings. The molecule has 148 valence electrons. The van der Waals surface area contributed by atoms with E-state index in [2.05, 4.69) is 10.6 Å². The number of carbonyl (C=O) groups is 1. The van der Waals surface area contributed by atoms with Crippen molar-refractivity contribution in [3.05, 3.63) is 23.2 Å². The van der Waals surface area contributed by atoms with Crippen molar-refractivity contribution in [3.8, 4) is 0 Å². The summed E-state index contributed by atoms with van der Waals surface area (Å²) in [6, 6.07) is 3.95. The van der Waals surface area contributed by atoms with Crippen molar-refractivity contribution in [1.29, 1.82) is 0 Å². The zero-order valence-electron chi connectivity index (χ0n) is 15.0. The zero-order chi connectivity index (χ0) is 18.6. The number of nitrogens with one attached hydrogen (secondary N) is 2. The summed E-state index contributed by atoms with van der Waals surface area (Å²) in [5.41, 5.74) is 0.375. The van der Waals surface area contributed by atoms with Gasteiger partial charge in [0.25, 0.3) is 0 Å². The van der Waals surface area contributed by atoms with Crippen LogP contribution in [0.4, 0.5) is 5.69 Å². The Hall–Kier alpha value is -0.900. The predicted molar refractivity (Wildman–Crippen MR) is 105 cm³/mol. The maximum Gasteiger partial charge on any atom is 0.244 e. The number of amides is 1. The molecule has 1 saturated heterocycles. The third-order valence-corrected chi connectivity index (χ3v) is 6.65. The zero-order valence-corrected chi connectivity index (χ0v) is 17.4. The molecular weight excluding hydrogens is 401 g/mol. The van der Waals surface area contributed by atoms with Crippen LogP contribution in [0.25, 0.3) is 0 Å². The van der Waals surface area contributed by atoms with E-state index in [1.807, 2.05) is 6.92 Å². The fourth-order valence-corrected chi connectivity index (χ4v) is 4.69. The Labute approximate surface area is 165 Å². The lowest BCUT2D eigenvalue weighted by Gasteiger charge is -2.29. The number of sulfonamides is 1. The highest BCUT2D eigenvalue weighted by molar-refractivity contribution is 7.89. The van der Waals surface area contributed by atoms with E-state index >= 15 is 0 Å². The minimum Gasteiger partial charge on any atom is -0.375 e. The van der Waals surface area contributed by atoms with Gasteiger partial charge in [0.1, 0.15) is 10.9 Å². The van der Waals surface area contributed by atoms with Gasteiger partial charge in [-0.2, -0.15) is 4.31 Å². The van der Waals surface area contributed by atoms with Crippen LogP contribution >= 0.6 is 24.0 Å². The van der Waals surface area contributed by atoms with Gasteiger partial charge in [-0.3, -0.25) is 4.79 Å². The number of hydrogen-bond donors (Lipinski definition) is 2. The van der Waals surface area contributed by atoms with E-state index in [0.717, 1.165) is 0 Å². The second-order valence-electron chi connectivity index (χ2n) is 5.73. The number of benzene rings is 1. The molecule has 0 bridgehead atoms. The highest BCUT2D eigenvalue weighted by Gasteiger charge is 2.29. The third-order valence-electron chi connectivity index (χ3n) is 4.12. The first-order valence-electron chi connectivity index (χ1n) is 8.26. The van der Waals surface area contributed by atoms with Crippen molar-refractivity contribution in [2.24, 2.45) is 0 Å². The quantitative estimate of drug-likeness (QED) is 0.728. The number of anilines is 1. The third kappa shape index (κ3) is 5.09. The highest BCUT2D eigenvalue weighted by Crippen LogP contribution is 2.28. The van der Waals surface area contributed by atoms with E-state index in [9.17, 15) is 13.2 Å². The summed E-state index contributed by atoms with van der Waals surface area (Å²) in [6.07, 6.45) is -0.264. The van der Waals surface area contributed by atoms with Gasteiger partial charge in [0.05, 0.1) is 17.7 Å². The van der Waals surface area contributed by atoms with Crippen LogP contribution in [-0.2, 0) is 19.6 Å². The van der Waals surface area contributed by atoms with Gasteiger partial charge in [-0.1, -0.05) is 25.4 Å². The summed E-state index contributed by atoms with van der Waals surface area (Å²) < 4.78 is 32.2. The molecule has 7 nitrogen and oxygen atoms in total. The van der Waals surface area contributed by atoms with Gasteiger partial charge in [0, 0.05) is 25.3 Å². The Morgan fingerprint density at radius 2 is 2.04 bits per heavy atom. The number of rotatable bonds is 6. The lowest BCUT2D eigenvalue weighted by molar-refractivity contribution is -0.123. The molecule has 0 spiro atoms. The van der Waals surface area contributed by atoms with Gasteiger partial charge in [-0.05, 0) is 25.1 Å².